The van der Waals surface area contributed by atoms with Crippen LogP contribution in [0.25, 0.3) is 0 Å². The molecular formula is C20H27N5O6. The summed E-state index contributed by atoms with van der Waals surface area (Å²) < 4.78 is 11.2. The van der Waals surface area contributed by atoms with Crippen LogP contribution < -0.4 is 16.0 Å². The SMILES string of the molecule is C[C@]1(NC(=O)c2ccco2)CCOC2(CCN(c3nccc(N)n3)CC2)[C@@H]1O.O=CO. The number of hydrogen-bond donors (Lipinski definition) is 4. The second-order valence-corrected chi connectivity index (χ2v) is 7.79. The Morgan fingerprint density at radius 2 is 2.06 bits per heavy atom. The van der Waals surface area contributed by atoms with Gasteiger partial charge in [0, 0.05) is 25.9 Å². The van der Waals surface area contributed by atoms with Crippen molar-refractivity contribution >= 4 is 24.1 Å². The number of aromatic nitrogens is 2. The van der Waals surface area contributed by atoms with Gasteiger partial charge in [0.05, 0.1) is 17.4 Å². The minimum Gasteiger partial charge on any atom is -0.483 e. The average molecular weight is 433 g/mol. The number of carbonyl (C=O) groups excluding carboxylic acids is 1. The molecule has 1 spiro atoms. The standard InChI is InChI=1S/C19H25N5O4.CH2O2/c1-18(23-15(25)13-3-2-11-27-13)7-12-28-19(16(18)26)5-9-24(10-6-19)17-21-8-4-14(20)22-17;2-1-3/h2-4,8,11,16,26H,5-7,9-10,12H2,1H3,(H,23,25)(H2,20,21,22);1H,(H,2,3)/t16-,18+;/m1./s1. The Labute approximate surface area is 179 Å². The summed E-state index contributed by atoms with van der Waals surface area (Å²) in [6.45, 7) is 3.32. The van der Waals surface area contributed by atoms with E-state index in [0.717, 1.165) is 0 Å². The summed E-state index contributed by atoms with van der Waals surface area (Å²) in [4.78, 5) is 31.4. The van der Waals surface area contributed by atoms with Crippen molar-refractivity contribution in [3.8, 4) is 0 Å². The zero-order valence-corrected chi connectivity index (χ0v) is 17.2. The normalized spacial score (nSPS) is 24.7. The van der Waals surface area contributed by atoms with Gasteiger partial charge in [-0.2, -0.15) is 4.98 Å². The van der Waals surface area contributed by atoms with Crippen LogP contribution in [0.15, 0.2) is 35.1 Å². The number of aliphatic hydroxyl groups is 1. The Balaban J connectivity index is 0.000000858. The second kappa shape index (κ2) is 9.31. The molecule has 0 radical (unpaired) electrons. The van der Waals surface area contributed by atoms with Gasteiger partial charge in [-0.3, -0.25) is 9.59 Å². The number of rotatable bonds is 3. The molecule has 2 aromatic rings. The molecule has 2 atom stereocenters. The lowest BCUT2D eigenvalue weighted by Gasteiger charge is -2.53. The number of nitrogens with zero attached hydrogens (tertiary/aromatic N) is 3. The molecule has 11 nitrogen and oxygen atoms in total. The number of nitrogens with one attached hydrogen (secondary N) is 1. The fourth-order valence-corrected chi connectivity index (χ4v) is 4.14. The van der Waals surface area contributed by atoms with Crippen LogP contribution in [0.1, 0.15) is 36.7 Å². The van der Waals surface area contributed by atoms with Crippen molar-refractivity contribution in [3.05, 3.63) is 36.4 Å². The molecule has 0 aliphatic carbocycles. The van der Waals surface area contributed by atoms with E-state index in [1.165, 1.54) is 6.26 Å². The molecular weight excluding hydrogens is 406 g/mol. The number of amides is 1. The molecule has 2 aliphatic rings. The maximum atomic E-state index is 12.5. The molecule has 31 heavy (non-hydrogen) atoms. The molecule has 2 fully saturated rings. The van der Waals surface area contributed by atoms with Gasteiger partial charge < -0.3 is 35.3 Å². The van der Waals surface area contributed by atoms with Gasteiger partial charge in [0.1, 0.15) is 11.9 Å². The van der Waals surface area contributed by atoms with Gasteiger partial charge in [-0.15, -0.1) is 0 Å². The first kappa shape index (κ1) is 22.5. The first-order valence-corrected chi connectivity index (χ1v) is 9.93. The number of hydrogen-bond acceptors (Lipinski definition) is 9. The van der Waals surface area contributed by atoms with E-state index in [9.17, 15) is 9.90 Å². The maximum absolute atomic E-state index is 12.5. The Hall–Kier alpha value is -3.18. The van der Waals surface area contributed by atoms with Crippen LogP contribution in [0, 0.1) is 0 Å². The molecule has 168 valence electrons. The van der Waals surface area contributed by atoms with Gasteiger partial charge in [0.15, 0.2) is 5.76 Å². The lowest BCUT2D eigenvalue weighted by Crippen LogP contribution is -2.69. The highest BCUT2D eigenvalue weighted by Crippen LogP contribution is 2.40. The van der Waals surface area contributed by atoms with Crippen LogP contribution >= 0.6 is 0 Å². The fraction of sp³-hybridized carbons (Fsp3) is 0.500. The Bertz CT molecular complexity index is 884. The van der Waals surface area contributed by atoms with E-state index in [1.807, 2.05) is 11.8 Å². The van der Waals surface area contributed by atoms with Gasteiger partial charge in [-0.1, -0.05) is 0 Å². The first-order valence-electron chi connectivity index (χ1n) is 9.93. The van der Waals surface area contributed by atoms with Gasteiger partial charge in [0.2, 0.25) is 5.95 Å². The monoisotopic (exact) mass is 433 g/mol. The summed E-state index contributed by atoms with van der Waals surface area (Å²) in [5.41, 5.74) is 4.23. The quantitative estimate of drug-likeness (QED) is 0.505. The van der Waals surface area contributed by atoms with E-state index in [1.54, 1.807) is 24.4 Å². The average Bonchev–Trinajstić information content (AvgIpc) is 3.29. The number of ether oxygens (including phenoxy) is 1. The number of nitrogens with two attached hydrogens (primary N) is 1. The summed E-state index contributed by atoms with van der Waals surface area (Å²) in [5, 5.41) is 21.1. The van der Waals surface area contributed by atoms with E-state index >= 15 is 0 Å². The molecule has 1 amide bonds. The number of nitrogen functional groups attached to an aromatic ring is 1. The van der Waals surface area contributed by atoms with E-state index in [2.05, 4.69) is 15.3 Å². The van der Waals surface area contributed by atoms with Gasteiger partial charge in [-0.05, 0) is 44.4 Å². The summed E-state index contributed by atoms with van der Waals surface area (Å²) in [6.07, 6.45) is 3.95. The molecule has 2 saturated heterocycles. The van der Waals surface area contributed by atoms with Gasteiger partial charge in [-0.25, -0.2) is 4.98 Å². The molecule has 0 aromatic carbocycles. The smallest absolute Gasteiger partial charge is 0.290 e. The molecule has 11 heteroatoms. The number of furan rings is 1. The number of anilines is 2. The van der Waals surface area contributed by atoms with Crippen LogP contribution in [0.5, 0.6) is 0 Å². The summed E-state index contributed by atoms with van der Waals surface area (Å²) in [7, 11) is 0. The van der Waals surface area contributed by atoms with Crippen molar-refractivity contribution in [2.24, 2.45) is 0 Å². The van der Waals surface area contributed by atoms with Crippen LogP contribution in [-0.4, -0.2) is 69.5 Å². The first-order chi connectivity index (χ1) is 14.8. The highest BCUT2D eigenvalue weighted by Gasteiger charge is 2.54. The third kappa shape index (κ3) is 4.78. The van der Waals surface area contributed by atoms with E-state index in [0.29, 0.717) is 50.7 Å². The highest BCUT2D eigenvalue weighted by molar-refractivity contribution is 5.92. The minimum absolute atomic E-state index is 0.225. The second-order valence-electron chi connectivity index (χ2n) is 7.79. The van der Waals surface area contributed by atoms with Crippen molar-refractivity contribution < 1.29 is 29.0 Å². The van der Waals surface area contributed by atoms with Gasteiger partial charge >= 0.3 is 0 Å². The van der Waals surface area contributed by atoms with Crippen molar-refractivity contribution in [1.82, 2.24) is 15.3 Å². The lowest BCUT2D eigenvalue weighted by molar-refractivity contribution is -0.195. The predicted molar refractivity (Wildman–Crippen MR) is 110 cm³/mol. The molecule has 4 heterocycles. The molecule has 4 rings (SSSR count). The predicted octanol–water partition coefficient (Wildman–Crippen LogP) is 0.662. The number of carbonyl (C=O) groups is 2. The van der Waals surface area contributed by atoms with Crippen molar-refractivity contribution in [3.63, 3.8) is 0 Å². The van der Waals surface area contributed by atoms with E-state index in [-0.39, 0.29) is 18.1 Å². The van der Waals surface area contributed by atoms with E-state index < -0.39 is 17.2 Å². The molecule has 0 unspecified atom stereocenters. The van der Waals surface area contributed by atoms with Crippen LogP contribution in [0.4, 0.5) is 11.8 Å². The minimum atomic E-state index is -0.850. The Kier molecular flexibility index (Phi) is 6.76. The number of piperidine rings is 1. The molecule has 5 N–H and O–H groups in total. The Morgan fingerprint density at radius 1 is 1.35 bits per heavy atom. The lowest BCUT2D eigenvalue weighted by atomic mass is 9.73. The van der Waals surface area contributed by atoms with Crippen molar-refractivity contribution in [1.29, 1.82) is 0 Å². The zero-order valence-electron chi connectivity index (χ0n) is 17.2. The molecule has 0 saturated carbocycles. The van der Waals surface area contributed by atoms with Crippen LogP contribution in [0.2, 0.25) is 0 Å². The summed E-state index contributed by atoms with van der Waals surface area (Å²) in [5.74, 6) is 0.887. The topological polar surface area (TPSA) is 164 Å². The maximum Gasteiger partial charge on any atom is 0.290 e. The molecule has 2 aromatic heterocycles. The molecule has 2 aliphatic heterocycles. The van der Waals surface area contributed by atoms with E-state index in [4.69, 9.17) is 24.8 Å². The number of carboxylic acid groups (broad SMARTS) is 1. The largest absolute Gasteiger partial charge is 0.483 e. The Morgan fingerprint density at radius 3 is 2.68 bits per heavy atom. The van der Waals surface area contributed by atoms with Crippen LogP contribution in [-0.2, 0) is 9.53 Å². The number of aliphatic hydroxyl groups excluding tert-OH is 1. The van der Waals surface area contributed by atoms with Gasteiger partial charge in [0.25, 0.3) is 12.4 Å². The third-order valence-electron chi connectivity index (χ3n) is 5.81. The highest BCUT2D eigenvalue weighted by atomic mass is 16.5. The zero-order chi connectivity index (χ0) is 22.5. The summed E-state index contributed by atoms with van der Waals surface area (Å²) >= 11 is 0. The van der Waals surface area contributed by atoms with Crippen molar-refractivity contribution in [2.75, 3.05) is 30.3 Å². The van der Waals surface area contributed by atoms with Crippen molar-refractivity contribution in [2.45, 2.75) is 43.4 Å². The third-order valence-corrected chi connectivity index (χ3v) is 5.81. The molecule has 0 bridgehead atoms. The summed E-state index contributed by atoms with van der Waals surface area (Å²) in [6, 6.07) is 4.91. The fourth-order valence-electron chi connectivity index (χ4n) is 4.14. The van der Waals surface area contributed by atoms with Crippen LogP contribution in [0.3, 0.4) is 0 Å².